The van der Waals surface area contributed by atoms with Gasteiger partial charge in [-0.1, -0.05) is 49.6 Å². The van der Waals surface area contributed by atoms with Gasteiger partial charge in [0.1, 0.15) is 10.1 Å². The van der Waals surface area contributed by atoms with Gasteiger partial charge in [-0.05, 0) is 81.6 Å². The molecule has 1 fully saturated rings. The first-order valence-corrected chi connectivity index (χ1v) is 12.6. The number of ether oxygens (including phenoxy) is 1. The zero-order chi connectivity index (χ0) is 20.3. The van der Waals surface area contributed by atoms with Crippen LogP contribution < -0.4 is 0 Å². The van der Waals surface area contributed by atoms with Crippen molar-refractivity contribution in [1.29, 1.82) is 0 Å². The third-order valence-corrected chi connectivity index (χ3v) is 7.25. The average molecular weight is 625 g/mol. The molecule has 0 amide bonds. The van der Waals surface area contributed by atoms with Gasteiger partial charge in [0.2, 0.25) is 5.44 Å². The molecule has 150 valence electrons. The van der Waals surface area contributed by atoms with Crippen LogP contribution in [0.2, 0.25) is 0 Å². The lowest BCUT2D eigenvalue weighted by Crippen LogP contribution is -2.22. The molecule has 0 bridgehead atoms. The van der Waals surface area contributed by atoms with E-state index in [0.717, 1.165) is 34.8 Å². The van der Waals surface area contributed by atoms with Crippen LogP contribution in [0.3, 0.4) is 0 Å². The summed E-state index contributed by atoms with van der Waals surface area (Å²) in [6.45, 7) is 0. The molecule has 8 heteroatoms. The molecule has 1 atom stereocenters. The molecule has 0 heterocycles. The number of carbonyl (C=O) groups excluding carboxylic acids is 1. The van der Waals surface area contributed by atoms with Crippen molar-refractivity contribution >= 4 is 61.3 Å². The highest BCUT2D eigenvalue weighted by atomic mass is 127. The van der Waals surface area contributed by atoms with Crippen LogP contribution in [0.5, 0.6) is 0 Å². The summed E-state index contributed by atoms with van der Waals surface area (Å²) in [6, 6.07) is 11.7. The van der Waals surface area contributed by atoms with Gasteiger partial charge in [0.25, 0.3) is 0 Å². The van der Waals surface area contributed by atoms with E-state index >= 15 is 0 Å². The van der Waals surface area contributed by atoms with Crippen LogP contribution in [-0.2, 0) is 14.9 Å². The predicted octanol–water partition coefficient (Wildman–Crippen LogP) is 5.34. The monoisotopic (exact) mass is 625 g/mol. The maximum Gasteiger partial charge on any atom is 0.341 e. The van der Waals surface area contributed by atoms with Crippen LogP contribution in [0.4, 0.5) is 0 Å². The minimum absolute atomic E-state index is 0.144. The second-order valence-electron chi connectivity index (χ2n) is 6.83. The number of esters is 1. The van der Waals surface area contributed by atoms with Gasteiger partial charge in [0.15, 0.2) is 0 Å². The van der Waals surface area contributed by atoms with E-state index in [1.165, 1.54) is 18.6 Å². The molecular formula is C20H19I2O5S-. The third-order valence-electron chi connectivity index (χ3n) is 4.88. The van der Waals surface area contributed by atoms with Crippen LogP contribution in [0, 0.1) is 7.14 Å². The number of benzene rings is 2. The first-order valence-electron chi connectivity index (χ1n) is 8.97. The van der Waals surface area contributed by atoms with E-state index in [4.69, 9.17) is 4.74 Å². The number of rotatable bonds is 5. The Morgan fingerprint density at radius 3 is 2.32 bits per heavy atom. The van der Waals surface area contributed by atoms with Gasteiger partial charge < -0.3 is 9.29 Å². The summed E-state index contributed by atoms with van der Waals surface area (Å²) in [5.74, 6) is -0.534. The van der Waals surface area contributed by atoms with E-state index in [2.05, 4.69) is 45.2 Å². The van der Waals surface area contributed by atoms with Crippen molar-refractivity contribution in [2.24, 2.45) is 0 Å². The summed E-state index contributed by atoms with van der Waals surface area (Å²) in [5, 5.41) is 0. The quantitative estimate of drug-likeness (QED) is 0.255. The molecule has 1 aliphatic carbocycles. The van der Waals surface area contributed by atoms with Gasteiger partial charge in [0, 0.05) is 12.7 Å². The Balaban J connectivity index is 1.99. The molecule has 0 radical (unpaired) electrons. The Hall–Kier alpha value is -0.720. The van der Waals surface area contributed by atoms with Crippen molar-refractivity contribution in [2.45, 2.75) is 43.5 Å². The van der Waals surface area contributed by atoms with Crippen LogP contribution in [0.1, 0.15) is 64.9 Å². The van der Waals surface area contributed by atoms with E-state index in [-0.39, 0.29) is 11.5 Å². The van der Waals surface area contributed by atoms with Crippen molar-refractivity contribution in [3.8, 4) is 0 Å². The fourth-order valence-electron chi connectivity index (χ4n) is 3.60. The minimum atomic E-state index is -4.88. The lowest BCUT2D eigenvalue weighted by atomic mass is 9.82. The molecule has 0 aliphatic heterocycles. The molecule has 0 N–H and O–H groups in total. The maximum absolute atomic E-state index is 13.0. The van der Waals surface area contributed by atoms with Crippen molar-refractivity contribution in [1.82, 2.24) is 0 Å². The molecule has 1 saturated carbocycles. The van der Waals surface area contributed by atoms with Gasteiger partial charge in [-0.15, -0.1) is 0 Å². The lowest BCUT2D eigenvalue weighted by Gasteiger charge is -2.26. The molecule has 0 spiro atoms. The van der Waals surface area contributed by atoms with E-state index in [1.807, 2.05) is 12.1 Å². The summed E-state index contributed by atoms with van der Waals surface area (Å²) in [6.07, 6.45) is 5.35. The molecule has 0 saturated heterocycles. The van der Waals surface area contributed by atoms with Crippen molar-refractivity contribution < 1.29 is 22.5 Å². The minimum Gasteiger partial charge on any atom is -0.745 e. The first-order chi connectivity index (χ1) is 13.3. The third kappa shape index (κ3) is 5.25. The van der Waals surface area contributed by atoms with Crippen LogP contribution in [0.15, 0.2) is 42.5 Å². The van der Waals surface area contributed by atoms with Gasteiger partial charge in [-0.25, -0.2) is 13.2 Å². The maximum atomic E-state index is 13.0. The Labute approximate surface area is 192 Å². The van der Waals surface area contributed by atoms with Gasteiger partial charge in [-0.2, -0.15) is 0 Å². The molecule has 5 nitrogen and oxygen atoms in total. The van der Waals surface area contributed by atoms with Gasteiger partial charge in [0.05, 0.1) is 5.56 Å². The molecule has 28 heavy (non-hydrogen) atoms. The Kier molecular flexibility index (Phi) is 7.37. The van der Waals surface area contributed by atoms with Crippen LogP contribution in [-0.4, -0.2) is 18.9 Å². The van der Waals surface area contributed by atoms with Crippen LogP contribution in [0.25, 0.3) is 0 Å². The van der Waals surface area contributed by atoms with Crippen molar-refractivity contribution in [3.05, 3.63) is 66.3 Å². The Morgan fingerprint density at radius 1 is 1.07 bits per heavy atom. The first kappa shape index (κ1) is 22.0. The standard InChI is InChI=1S/C20H20I2O5S/c21-15-11-16(13-7-3-1-4-8-13)18(17(22)12-15)19(23)27-20(28(24,25)26)14-9-5-2-6-10-14/h2,5-6,9-13,20H,1,3-4,7-8H2,(H,24,25,26)/p-1. The highest BCUT2D eigenvalue weighted by Crippen LogP contribution is 2.38. The summed E-state index contributed by atoms with van der Waals surface area (Å²) < 4.78 is 42.4. The van der Waals surface area contributed by atoms with Crippen molar-refractivity contribution in [2.75, 3.05) is 0 Å². The average Bonchev–Trinajstić information content (AvgIpc) is 2.66. The van der Waals surface area contributed by atoms with E-state index in [1.54, 1.807) is 18.2 Å². The molecule has 0 aromatic heterocycles. The lowest BCUT2D eigenvalue weighted by molar-refractivity contribution is 0.0422. The molecular weight excluding hydrogens is 606 g/mol. The Bertz CT molecular complexity index is 954. The highest BCUT2D eigenvalue weighted by molar-refractivity contribution is 14.1. The summed E-state index contributed by atoms with van der Waals surface area (Å²) in [5.41, 5.74) is -0.463. The number of hydrogen-bond acceptors (Lipinski definition) is 5. The fraction of sp³-hybridized carbons (Fsp3) is 0.350. The zero-order valence-electron chi connectivity index (χ0n) is 14.9. The highest BCUT2D eigenvalue weighted by Gasteiger charge is 2.29. The second kappa shape index (κ2) is 9.40. The Morgan fingerprint density at radius 2 is 1.71 bits per heavy atom. The number of carbonyl (C=O) groups is 1. The molecule has 2 aromatic carbocycles. The fourth-order valence-corrected chi connectivity index (χ4v) is 6.41. The number of halogens is 2. The second-order valence-corrected chi connectivity index (χ2v) is 10.6. The molecule has 2 aromatic rings. The zero-order valence-corrected chi connectivity index (χ0v) is 20.1. The SMILES string of the molecule is O=C(OC(c1ccccc1)S(=O)(=O)[O-])c1c(I)cc(I)cc1C1CCCCC1. The molecule has 1 aliphatic rings. The predicted molar refractivity (Wildman–Crippen MR) is 122 cm³/mol. The smallest absolute Gasteiger partial charge is 0.341 e. The number of hydrogen-bond donors (Lipinski definition) is 0. The van der Waals surface area contributed by atoms with E-state index < -0.39 is 21.5 Å². The van der Waals surface area contributed by atoms with Crippen LogP contribution >= 0.6 is 45.2 Å². The molecule has 1 unspecified atom stereocenters. The topological polar surface area (TPSA) is 83.5 Å². The normalized spacial score (nSPS) is 16.5. The summed E-state index contributed by atoms with van der Waals surface area (Å²) in [7, 11) is -4.88. The van der Waals surface area contributed by atoms with Gasteiger partial charge in [-0.3, -0.25) is 0 Å². The van der Waals surface area contributed by atoms with E-state index in [0.29, 0.717) is 9.13 Å². The van der Waals surface area contributed by atoms with Gasteiger partial charge >= 0.3 is 5.97 Å². The summed E-state index contributed by atoms with van der Waals surface area (Å²) >= 11 is 4.28. The summed E-state index contributed by atoms with van der Waals surface area (Å²) in [4.78, 5) is 13.0. The largest absolute Gasteiger partial charge is 0.745 e. The van der Waals surface area contributed by atoms with E-state index in [9.17, 15) is 17.8 Å². The van der Waals surface area contributed by atoms with Crippen molar-refractivity contribution in [3.63, 3.8) is 0 Å². The molecule has 3 rings (SSSR count).